The number of nitriles is 2. The Kier molecular flexibility index (Phi) is 6.70. The Morgan fingerprint density at radius 2 is 1.95 bits per heavy atom. The van der Waals surface area contributed by atoms with Crippen LogP contribution in [-0.4, -0.2) is 0 Å². The van der Waals surface area contributed by atoms with Gasteiger partial charge in [0.1, 0.15) is 0 Å². The lowest BCUT2D eigenvalue weighted by molar-refractivity contribution is 0.713. The molecule has 0 aromatic carbocycles. The maximum absolute atomic E-state index is 9.33. The molecule has 0 heterocycles. The maximum atomic E-state index is 9.33. The van der Waals surface area contributed by atoms with Gasteiger partial charge in [0.05, 0.1) is 17.7 Å². The quantitative estimate of drug-likeness (QED) is 0.635. The van der Waals surface area contributed by atoms with Gasteiger partial charge in [0.25, 0.3) is 0 Å². The summed E-state index contributed by atoms with van der Waals surface area (Å²) in [6, 6.07) is 4.42. The van der Waals surface area contributed by atoms with Crippen molar-refractivity contribution in [3.05, 3.63) is 46.1 Å². The Morgan fingerprint density at radius 1 is 1.24 bits per heavy atom. The van der Waals surface area contributed by atoms with Gasteiger partial charge in [-0.25, -0.2) is 0 Å². The molecule has 0 fully saturated rings. The van der Waals surface area contributed by atoms with Gasteiger partial charge in [-0.15, -0.1) is 0 Å². The molecular formula is C19H24N2. The van der Waals surface area contributed by atoms with E-state index in [0.29, 0.717) is 17.6 Å². The molecule has 0 amide bonds. The van der Waals surface area contributed by atoms with Crippen molar-refractivity contribution in [3.8, 4) is 12.1 Å². The second kappa shape index (κ2) is 8.28. The van der Waals surface area contributed by atoms with Crippen LogP contribution in [0.4, 0.5) is 0 Å². The van der Waals surface area contributed by atoms with Gasteiger partial charge in [-0.05, 0) is 47.0 Å². The Balaban J connectivity index is 2.76. The predicted molar refractivity (Wildman–Crippen MR) is 87.2 cm³/mol. The highest BCUT2D eigenvalue weighted by atomic mass is 14.3. The monoisotopic (exact) mass is 280 g/mol. The van der Waals surface area contributed by atoms with E-state index in [2.05, 4.69) is 58.1 Å². The molecule has 0 saturated carbocycles. The Hall–Kier alpha value is -2.06. The fourth-order valence-electron chi connectivity index (χ4n) is 2.52. The summed E-state index contributed by atoms with van der Waals surface area (Å²) in [6.45, 7) is 8.43. The average Bonchev–Trinajstić information content (AvgIpc) is 2.45. The third-order valence-electron chi connectivity index (χ3n) is 3.90. The van der Waals surface area contributed by atoms with Crippen molar-refractivity contribution in [3.63, 3.8) is 0 Å². The summed E-state index contributed by atoms with van der Waals surface area (Å²) in [5, 5.41) is 18.5. The van der Waals surface area contributed by atoms with Crippen molar-refractivity contribution in [2.45, 2.75) is 53.4 Å². The normalized spacial score (nSPS) is 18.7. The number of allylic oxidation sites excluding steroid dienone is 8. The number of nitrogens with zero attached hydrogens (tertiary/aromatic N) is 2. The van der Waals surface area contributed by atoms with Gasteiger partial charge in [-0.3, -0.25) is 0 Å². The fraction of sp³-hybridized carbons (Fsp3) is 0.474. The van der Waals surface area contributed by atoms with Gasteiger partial charge >= 0.3 is 0 Å². The van der Waals surface area contributed by atoms with Gasteiger partial charge in [-0.1, -0.05) is 34.9 Å². The molecular weight excluding hydrogens is 256 g/mol. The molecule has 0 bridgehead atoms. The first kappa shape index (κ1) is 17.0. The molecule has 110 valence electrons. The minimum atomic E-state index is 0.0804. The Labute approximate surface area is 128 Å². The molecule has 0 radical (unpaired) electrons. The van der Waals surface area contributed by atoms with E-state index in [-0.39, 0.29) is 5.92 Å². The van der Waals surface area contributed by atoms with Crippen LogP contribution in [0.25, 0.3) is 0 Å². The van der Waals surface area contributed by atoms with Crippen LogP contribution in [0.15, 0.2) is 46.1 Å². The van der Waals surface area contributed by atoms with Crippen LogP contribution in [0.3, 0.4) is 0 Å². The van der Waals surface area contributed by atoms with Crippen molar-refractivity contribution in [2.24, 2.45) is 5.92 Å². The molecule has 21 heavy (non-hydrogen) atoms. The van der Waals surface area contributed by atoms with E-state index in [9.17, 15) is 5.26 Å². The van der Waals surface area contributed by atoms with Crippen LogP contribution in [0.5, 0.6) is 0 Å². The van der Waals surface area contributed by atoms with E-state index in [0.717, 1.165) is 19.3 Å². The molecule has 2 heteroatoms. The molecule has 2 nitrogen and oxygen atoms in total. The second-order valence-corrected chi connectivity index (χ2v) is 5.93. The van der Waals surface area contributed by atoms with Crippen LogP contribution in [-0.2, 0) is 0 Å². The van der Waals surface area contributed by atoms with E-state index in [1.54, 1.807) is 0 Å². The van der Waals surface area contributed by atoms with E-state index >= 15 is 0 Å². The van der Waals surface area contributed by atoms with Gasteiger partial charge in [0.2, 0.25) is 0 Å². The molecule has 0 aliphatic heterocycles. The summed E-state index contributed by atoms with van der Waals surface area (Å²) in [7, 11) is 0. The summed E-state index contributed by atoms with van der Waals surface area (Å²) in [5.74, 6) is 0.0804. The zero-order chi connectivity index (χ0) is 15.8. The van der Waals surface area contributed by atoms with E-state index in [4.69, 9.17) is 5.26 Å². The first-order chi connectivity index (χ1) is 9.99. The SMILES string of the molecule is CC(C)=CCC/C(C)=C/CC1C(C)=CCC(C#N)=C1C#N. The molecule has 1 aliphatic carbocycles. The van der Waals surface area contributed by atoms with Crippen LogP contribution in [0.2, 0.25) is 0 Å². The van der Waals surface area contributed by atoms with Crippen molar-refractivity contribution < 1.29 is 0 Å². The topological polar surface area (TPSA) is 47.6 Å². The molecule has 1 atom stereocenters. The minimum Gasteiger partial charge on any atom is -0.193 e. The molecule has 1 aliphatic rings. The van der Waals surface area contributed by atoms with Gasteiger partial charge in [-0.2, -0.15) is 10.5 Å². The Morgan fingerprint density at radius 3 is 2.52 bits per heavy atom. The minimum absolute atomic E-state index is 0.0804. The van der Waals surface area contributed by atoms with Crippen LogP contribution in [0.1, 0.15) is 53.4 Å². The third kappa shape index (κ3) is 5.09. The lowest BCUT2D eigenvalue weighted by atomic mass is 9.81. The number of hydrogen-bond donors (Lipinski definition) is 0. The van der Waals surface area contributed by atoms with E-state index in [1.165, 1.54) is 16.7 Å². The molecule has 0 spiro atoms. The molecule has 0 saturated heterocycles. The largest absolute Gasteiger partial charge is 0.193 e. The summed E-state index contributed by atoms with van der Waals surface area (Å²) >= 11 is 0. The highest BCUT2D eigenvalue weighted by Gasteiger charge is 2.22. The zero-order valence-corrected chi connectivity index (χ0v) is 13.5. The van der Waals surface area contributed by atoms with E-state index in [1.807, 2.05) is 0 Å². The van der Waals surface area contributed by atoms with E-state index < -0.39 is 0 Å². The first-order valence-electron chi connectivity index (χ1n) is 7.48. The third-order valence-corrected chi connectivity index (χ3v) is 3.90. The van der Waals surface area contributed by atoms with Crippen molar-refractivity contribution in [2.75, 3.05) is 0 Å². The fourth-order valence-corrected chi connectivity index (χ4v) is 2.52. The highest BCUT2D eigenvalue weighted by molar-refractivity contribution is 5.46. The Bertz CT molecular complexity index is 582. The summed E-state index contributed by atoms with van der Waals surface area (Å²) in [5.41, 5.74) is 5.19. The highest BCUT2D eigenvalue weighted by Crippen LogP contribution is 2.33. The van der Waals surface area contributed by atoms with Crippen molar-refractivity contribution in [1.29, 1.82) is 10.5 Å². The van der Waals surface area contributed by atoms with Crippen LogP contribution in [0, 0.1) is 28.6 Å². The molecule has 0 aromatic heterocycles. The second-order valence-electron chi connectivity index (χ2n) is 5.93. The lowest BCUT2D eigenvalue weighted by Crippen LogP contribution is -2.10. The van der Waals surface area contributed by atoms with Gasteiger partial charge < -0.3 is 0 Å². The molecule has 1 rings (SSSR count). The summed E-state index contributed by atoms with van der Waals surface area (Å²) < 4.78 is 0. The molecule has 0 N–H and O–H groups in total. The summed E-state index contributed by atoms with van der Waals surface area (Å²) in [6.07, 6.45) is 10.1. The van der Waals surface area contributed by atoms with Gasteiger partial charge in [0, 0.05) is 17.9 Å². The first-order valence-corrected chi connectivity index (χ1v) is 7.48. The summed E-state index contributed by atoms with van der Waals surface area (Å²) in [4.78, 5) is 0. The zero-order valence-electron chi connectivity index (χ0n) is 13.5. The van der Waals surface area contributed by atoms with Crippen LogP contribution < -0.4 is 0 Å². The standard InChI is InChI=1S/C19H24N2/c1-14(2)6-5-7-15(3)8-11-18-16(4)9-10-17(12-20)19(18)13-21/h6,8-9,18H,5,7,10-11H2,1-4H3/b15-8+. The maximum Gasteiger partial charge on any atom is 0.0964 e. The predicted octanol–water partition coefficient (Wildman–Crippen LogP) is 5.38. The van der Waals surface area contributed by atoms with Gasteiger partial charge in [0.15, 0.2) is 0 Å². The lowest BCUT2D eigenvalue weighted by Gasteiger charge is -2.21. The molecule has 0 aromatic rings. The van der Waals surface area contributed by atoms with Crippen molar-refractivity contribution in [1.82, 2.24) is 0 Å². The molecule has 1 unspecified atom stereocenters. The number of rotatable bonds is 5. The smallest absolute Gasteiger partial charge is 0.0964 e. The average molecular weight is 280 g/mol. The van der Waals surface area contributed by atoms with Crippen LogP contribution >= 0.6 is 0 Å². The van der Waals surface area contributed by atoms with Crippen molar-refractivity contribution >= 4 is 0 Å². The number of hydrogen-bond acceptors (Lipinski definition) is 2.